The van der Waals surface area contributed by atoms with Crippen LogP contribution in [0.5, 0.6) is 0 Å². The average Bonchev–Trinajstić information content (AvgIpc) is 2.45. The minimum atomic E-state index is -1.81. The van der Waals surface area contributed by atoms with Crippen molar-refractivity contribution in [2.45, 2.75) is 116 Å². The second-order valence-corrected chi connectivity index (χ2v) is 15.0. The van der Waals surface area contributed by atoms with E-state index < -0.39 is 32.0 Å². The van der Waals surface area contributed by atoms with E-state index in [4.69, 9.17) is 14.9 Å². The van der Waals surface area contributed by atoms with Crippen LogP contribution >= 0.6 is 0 Å². The summed E-state index contributed by atoms with van der Waals surface area (Å²) in [5, 5.41) is 0.173. The minimum absolute atomic E-state index is 0.0541. The van der Waals surface area contributed by atoms with Crippen LogP contribution in [-0.4, -0.2) is 49.0 Å². The molecule has 1 rings (SSSR count). The highest BCUT2D eigenvalue weighted by atomic mass is 28.4. The Hall–Kier alpha value is -1.08. The van der Waals surface area contributed by atoms with Gasteiger partial charge in [0.2, 0.25) is 5.91 Å². The van der Waals surface area contributed by atoms with E-state index in [0.29, 0.717) is 0 Å². The summed E-state index contributed by atoms with van der Waals surface area (Å²) in [6.07, 6.45) is 3.07. The molecule has 1 aliphatic rings. The summed E-state index contributed by atoms with van der Waals surface area (Å²) in [5.74, 6) is -0.513. The summed E-state index contributed by atoms with van der Waals surface area (Å²) in [7, 11) is -1.81. The van der Waals surface area contributed by atoms with Crippen molar-refractivity contribution < 1.29 is 18.8 Å². The summed E-state index contributed by atoms with van der Waals surface area (Å²) >= 11 is 0. The standard InChI is InChI=1S/C20H40N2O4Si/c1-14(17(21)23)22(18(24)25-19(2,3)4)15-10-12-16(13-11-15)26-27(8,9)20(5,6)7/h14-16H,10-13H2,1-9H3,(H2,21,23)/t14-,15?,16?/m1/s1. The number of hydrogen-bond donors (Lipinski definition) is 1. The second kappa shape index (κ2) is 8.51. The Balaban J connectivity index is 2.82. The van der Waals surface area contributed by atoms with Gasteiger partial charge in [-0.05, 0) is 71.5 Å². The van der Waals surface area contributed by atoms with Crippen molar-refractivity contribution in [2.75, 3.05) is 0 Å². The molecule has 0 spiro atoms. The average molecular weight is 401 g/mol. The van der Waals surface area contributed by atoms with Crippen molar-refractivity contribution >= 4 is 20.3 Å². The van der Waals surface area contributed by atoms with Gasteiger partial charge in [0.05, 0.1) is 0 Å². The number of carbonyl (C=O) groups excluding carboxylic acids is 2. The van der Waals surface area contributed by atoms with Gasteiger partial charge in [-0.25, -0.2) is 4.79 Å². The zero-order chi connectivity index (χ0) is 21.2. The molecule has 2 amide bonds. The monoisotopic (exact) mass is 400 g/mol. The van der Waals surface area contributed by atoms with E-state index in [1.54, 1.807) is 6.92 Å². The molecule has 0 saturated heterocycles. The van der Waals surface area contributed by atoms with Crippen LogP contribution in [0.2, 0.25) is 18.1 Å². The molecule has 1 aliphatic carbocycles. The first-order valence-corrected chi connectivity index (χ1v) is 12.9. The Morgan fingerprint density at radius 1 is 1.04 bits per heavy atom. The summed E-state index contributed by atoms with van der Waals surface area (Å²) in [5.41, 5.74) is 4.88. The third-order valence-electron chi connectivity index (χ3n) is 5.74. The molecular formula is C20H40N2O4Si. The van der Waals surface area contributed by atoms with Crippen LogP contribution in [-0.2, 0) is 14.0 Å². The van der Waals surface area contributed by atoms with E-state index in [1.807, 2.05) is 20.8 Å². The van der Waals surface area contributed by atoms with Gasteiger partial charge in [-0.1, -0.05) is 20.8 Å². The Labute approximate surface area is 166 Å². The Bertz CT molecular complexity index is 529. The van der Waals surface area contributed by atoms with Crippen LogP contribution in [0.1, 0.15) is 74.1 Å². The lowest BCUT2D eigenvalue weighted by Gasteiger charge is -2.43. The number of hydrogen-bond acceptors (Lipinski definition) is 4. The molecule has 1 fully saturated rings. The van der Waals surface area contributed by atoms with Crippen molar-refractivity contribution in [3.05, 3.63) is 0 Å². The molecule has 27 heavy (non-hydrogen) atoms. The quantitative estimate of drug-likeness (QED) is 0.692. The zero-order valence-electron chi connectivity index (χ0n) is 18.7. The fraction of sp³-hybridized carbons (Fsp3) is 0.900. The number of nitrogens with zero attached hydrogens (tertiary/aromatic N) is 1. The molecule has 158 valence electrons. The molecule has 0 aliphatic heterocycles. The van der Waals surface area contributed by atoms with Gasteiger partial charge in [0.15, 0.2) is 8.32 Å². The van der Waals surface area contributed by atoms with Gasteiger partial charge < -0.3 is 14.9 Å². The van der Waals surface area contributed by atoms with E-state index >= 15 is 0 Å². The van der Waals surface area contributed by atoms with Crippen LogP contribution in [0.25, 0.3) is 0 Å². The molecule has 0 aromatic rings. The normalized spacial score (nSPS) is 22.9. The van der Waals surface area contributed by atoms with Crippen LogP contribution in [0.3, 0.4) is 0 Å². The lowest BCUT2D eigenvalue weighted by Crippen LogP contribution is -2.54. The number of rotatable bonds is 5. The highest BCUT2D eigenvalue weighted by Crippen LogP contribution is 2.39. The van der Waals surface area contributed by atoms with E-state index in [9.17, 15) is 9.59 Å². The van der Waals surface area contributed by atoms with Gasteiger partial charge in [0, 0.05) is 12.1 Å². The van der Waals surface area contributed by atoms with Crippen molar-refractivity contribution in [2.24, 2.45) is 5.73 Å². The Morgan fingerprint density at radius 2 is 1.52 bits per heavy atom. The topological polar surface area (TPSA) is 81.9 Å². The summed E-state index contributed by atoms with van der Waals surface area (Å²) in [6, 6.07) is -0.746. The molecule has 1 atom stereocenters. The largest absolute Gasteiger partial charge is 0.444 e. The minimum Gasteiger partial charge on any atom is -0.444 e. The molecule has 0 bridgehead atoms. The fourth-order valence-electron chi connectivity index (χ4n) is 3.11. The smallest absolute Gasteiger partial charge is 0.411 e. The summed E-state index contributed by atoms with van der Waals surface area (Å²) < 4.78 is 12.1. The third kappa shape index (κ3) is 6.78. The van der Waals surface area contributed by atoms with Gasteiger partial charge in [-0.3, -0.25) is 9.69 Å². The first-order valence-electron chi connectivity index (χ1n) is 10.0. The molecule has 0 unspecified atom stereocenters. The van der Waals surface area contributed by atoms with Crippen molar-refractivity contribution in [3.8, 4) is 0 Å². The van der Waals surface area contributed by atoms with Crippen LogP contribution < -0.4 is 5.73 Å². The number of nitrogens with two attached hydrogens (primary N) is 1. The van der Waals surface area contributed by atoms with Gasteiger partial charge >= 0.3 is 6.09 Å². The van der Waals surface area contributed by atoms with Crippen LogP contribution in [0.4, 0.5) is 4.79 Å². The predicted molar refractivity (Wildman–Crippen MR) is 111 cm³/mol. The molecule has 7 heteroatoms. The van der Waals surface area contributed by atoms with Crippen molar-refractivity contribution in [1.82, 2.24) is 4.90 Å². The van der Waals surface area contributed by atoms with Crippen molar-refractivity contribution in [1.29, 1.82) is 0 Å². The molecular weight excluding hydrogens is 360 g/mol. The maximum absolute atomic E-state index is 12.7. The highest BCUT2D eigenvalue weighted by molar-refractivity contribution is 6.74. The van der Waals surface area contributed by atoms with E-state index in [-0.39, 0.29) is 17.2 Å². The molecule has 0 heterocycles. The number of amides is 2. The lowest BCUT2D eigenvalue weighted by molar-refractivity contribution is -0.124. The molecule has 0 aromatic carbocycles. The van der Waals surface area contributed by atoms with Crippen LogP contribution in [0.15, 0.2) is 0 Å². The Kier molecular flexibility index (Phi) is 7.55. The van der Waals surface area contributed by atoms with Crippen LogP contribution in [0, 0.1) is 0 Å². The van der Waals surface area contributed by atoms with Crippen molar-refractivity contribution in [3.63, 3.8) is 0 Å². The zero-order valence-corrected chi connectivity index (χ0v) is 19.7. The third-order valence-corrected chi connectivity index (χ3v) is 10.3. The number of carbonyl (C=O) groups is 2. The highest BCUT2D eigenvalue weighted by Gasteiger charge is 2.41. The first kappa shape index (κ1) is 24.0. The lowest BCUT2D eigenvalue weighted by atomic mass is 9.91. The molecule has 0 radical (unpaired) electrons. The summed E-state index contributed by atoms with van der Waals surface area (Å²) in [6.45, 7) is 18.4. The molecule has 6 nitrogen and oxygen atoms in total. The van der Waals surface area contributed by atoms with Gasteiger partial charge in [-0.2, -0.15) is 0 Å². The van der Waals surface area contributed by atoms with E-state index in [2.05, 4.69) is 33.9 Å². The SMILES string of the molecule is C[C@H](C(N)=O)N(C(=O)OC(C)(C)C)C1CCC(O[Si](C)(C)C(C)(C)C)CC1. The van der Waals surface area contributed by atoms with E-state index in [1.165, 1.54) is 4.90 Å². The first-order chi connectivity index (χ1) is 12.0. The molecule has 2 N–H and O–H groups in total. The molecule has 0 aromatic heterocycles. The number of primary amides is 1. The predicted octanol–water partition coefficient (Wildman–Crippen LogP) is 4.43. The maximum Gasteiger partial charge on any atom is 0.411 e. The van der Waals surface area contributed by atoms with Gasteiger partial charge in [0.25, 0.3) is 0 Å². The van der Waals surface area contributed by atoms with E-state index in [0.717, 1.165) is 25.7 Å². The summed E-state index contributed by atoms with van der Waals surface area (Å²) in [4.78, 5) is 26.0. The second-order valence-electron chi connectivity index (χ2n) is 10.3. The Morgan fingerprint density at radius 3 is 1.89 bits per heavy atom. The number of ether oxygens (including phenoxy) is 1. The maximum atomic E-state index is 12.7. The van der Waals surface area contributed by atoms with Gasteiger partial charge in [0.1, 0.15) is 11.6 Å². The molecule has 1 saturated carbocycles. The fourth-order valence-corrected chi connectivity index (χ4v) is 4.53. The van der Waals surface area contributed by atoms with Gasteiger partial charge in [-0.15, -0.1) is 0 Å².